The van der Waals surface area contributed by atoms with Crippen LogP contribution < -0.4 is 9.47 Å². The van der Waals surface area contributed by atoms with E-state index < -0.39 is 0 Å². The lowest BCUT2D eigenvalue weighted by Crippen LogP contribution is -2.49. The monoisotopic (exact) mass is 973 g/mol. The highest BCUT2D eigenvalue weighted by Crippen LogP contribution is 2.54. The summed E-state index contributed by atoms with van der Waals surface area (Å²) in [4.78, 5) is 41.9. The fourth-order valence-corrected chi connectivity index (χ4v) is 11.1. The van der Waals surface area contributed by atoms with Gasteiger partial charge in [-0.15, -0.1) is 0 Å². The molecule has 0 saturated carbocycles. The van der Waals surface area contributed by atoms with Gasteiger partial charge in [-0.2, -0.15) is 5.26 Å². The number of hydrogen-bond donors (Lipinski definition) is 0. The molecule has 2 saturated heterocycles. The predicted molar refractivity (Wildman–Crippen MR) is 277 cm³/mol. The van der Waals surface area contributed by atoms with Crippen LogP contribution in [0.4, 0.5) is 0 Å². The zero-order chi connectivity index (χ0) is 48.6. The first-order valence-corrected chi connectivity index (χ1v) is 24.9. The molecule has 6 aromatic rings. The van der Waals surface area contributed by atoms with Gasteiger partial charge in [0, 0.05) is 81.1 Å². The van der Waals surface area contributed by atoms with Crippen LogP contribution >= 0.6 is 23.2 Å². The molecule has 11 nitrogen and oxygen atoms in total. The van der Waals surface area contributed by atoms with Crippen LogP contribution in [-0.2, 0) is 0 Å². The van der Waals surface area contributed by atoms with Crippen LogP contribution in [0, 0.1) is 11.3 Å². The average molecular weight is 975 g/mol. The minimum atomic E-state index is -0.101. The van der Waals surface area contributed by atoms with Gasteiger partial charge in [0.05, 0.1) is 34.8 Å². The van der Waals surface area contributed by atoms with Crippen molar-refractivity contribution in [2.45, 2.75) is 12.1 Å². The number of halogens is 2. The normalized spacial score (nSPS) is 17.5. The maximum atomic E-state index is 15.0. The minimum Gasteiger partial charge on any atom is -0.491 e. The van der Waals surface area contributed by atoms with E-state index in [1.165, 1.54) is 11.1 Å². The zero-order valence-corrected chi connectivity index (χ0v) is 41.6. The fourth-order valence-electron chi connectivity index (χ4n) is 10.7. The molecule has 6 aromatic carbocycles. The number of nitriles is 1. The Balaban J connectivity index is 0.927. The number of benzene rings is 6. The molecule has 0 spiro atoms. The molecule has 0 bridgehead atoms. The van der Waals surface area contributed by atoms with Gasteiger partial charge in [0.15, 0.2) is 0 Å². The molecular weight excluding hydrogens is 918 g/mol. The number of rotatable bonds is 13. The summed E-state index contributed by atoms with van der Waals surface area (Å²) >= 11 is 14.1. The molecule has 0 aromatic heterocycles. The van der Waals surface area contributed by atoms with Gasteiger partial charge in [0.2, 0.25) is 0 Å². The van der Waals surface area contributed by atoms with E-state index in [0.717, 1.165) is 51.1 Å². The van der Waals surface area contributed by atoms with E-state index in [0.29, 0.717) is 110 Å². The van der Waals surface area contributed by atoms with Crippen LogP contribution in [0.5, 0.6) is 11.5 Å². The maximum Gasteiger partial charge on any atom is 0.257 e. The molecule has 2 fully saturated rings. The van der Waals surface area contributed by atoms with Crippen LogP contribution in [0.2, 0.25) is 10.0 Å². The van der Waals surface area contributed by atoms with Crippen LogP contribution in [0.25, 0.3) is 33.4 Å². The molecule has 2 aliphatic heterocycles. The van der Waals surface area contributed by atoms with Crippen LogP contribution in [0.1, 0.15) is 60.6 Å². The summed E-state index contributed by atoms with van der Waals surface area (Å²) in [5.74, 6) is 1.01. The minimum absolute atomic E-state index is 0.0316. The Kier molecular flexibility index (Phi) is 13.7. The zero-order valence-electron chi connectivity index (χ0n) is 40.1. The third-order valence-electron chi connectivity index (χ3n) is 14.2. The lowest BCUT2D eigenvalue weighted by atomic mass is 9.92. The Bertz CT molecular complexity index is 3010. The van der Waals surface area contributed by atoms with Crippen LogP contribution in [0.3, 0.4) is 0 Å². The van der Waals surface area contributed by atoms with Crippen molar-refractivity contribution in [2.75, 3.05) is 107 Å². The van der Waals surface area contributed by atoms with E-state index in [1.54, 1.807) is 0 Å². The van der Waals surface area contributed by atoms with Crippen molar-refractivity contribution in [1.29, 1.82) is 5.26 Å². The Morgan fingerprint density at radius 1 is 0.571 bits per heavy atom. The number of carbonyl (C=O) groups excluding carboxylic acids is 2. The first-order valence-electron chi connectivity index (χ1n) is 24.1. The molecule has 2 atom stereocenters. The third-order valence-corrected chi connectivity index (χ3v) is 14.8. The smallest absolute Gasteiger partial charge is 0.257 e. The highest BCUT2D eigenvalue weighted by atomic mass is 35.5. The first-order chi connectivity index (χ1) is 34.0. The van der Waals surface area contributed by atoms with Crippen molar-refractivity contribution in [1.82, 2.24) is 29.4 Å². The van der Waals surface area contributed by atoms with Crippen molar-refractivity contribution in [2.24, 2.45) is 0 Å². The lowest BCUT2D eigenvalue weighted by molar-refractivity contribution is 0.0589. The predicted octanol–water partition coefficient (Wildman–Crippen LogP) is 9.47. The van der Waals surface area contributed by atoms with Gasteiger partial charge < -0.3 is 29.1 Å². The number of piperazine rings is 2. The number of nitrogens with zero attached hydrogens (tertiary/aromatic N) is 7. The van der Waals surface area contributed by atoms with Gasteiger partial charge in [-0.1, -0.05) is 83.9 Å². The molecule has 2 amide bonds. The summed E-state index contributed by atoms with van der Waals surface area (Å²) in [6.45, 7) is 7.20. The number of fused-ring (bicyclic) bond motifs is 6. The highest BCUT2D eigenvalue weighted by molar-refractivity contribution is 6.34. The van der Waals surface area contributed by atoms with Crippen molar-refractivity contribution >= 4 is 35.0 Å². The van der Waals surface area contributed by atoms with Crippen LogP contribution in [0.15, 0.2) is 115 Å². The third kappa shape index (κ3) is 9.16. The molecular formula is C57H57Cl2N7O4. The topological polar surface area (TPSA) is 95.8 Å². The Hall–Kier alpha value is -6.23. The van der Waals surface area contributed by atoms with Crippen molar-refractivity contribution in [3.05, 3.63) is 164 Å². The molecule has 2 aliphatic carbocycles. The number of ether oxygens (including phenoxy) is 2. The quantitative estimate of drug-likeness (QED) is 0.112. The summed E-state index contributed by atoms with van der Waals surface area (Å²) in [7, 11) is 8.00. The van der Waals surface area contributed by atoms with Crippen molar-refractivity contribution < 1.29 is 19.1 Å². The second-order valence-corrected chi connectivity index (χ2v) is 19.9. The number of para-hydroxylation sites is 1. The molecule has 13 heteroatoms. The van der Waals surface area contributed by atoms with Gasteiger partial charge in [-0.3, -0.25) is 19.4 Å². The Labute approximate surface area is 420 Å². The number of amides is 2. The van der Waals surface area contributed by atoms with Gasteiger partial charge >= 0.3 is 0 Å². The lowest BCUT2D eigenvalue weighted by Gasteiger charge is -2.39. The van der Waals surface area contributed by atoms with Gasteiger partial charge in [-0.05, 0) is 133 Å². The molecule has 0 radical (unpaired) electrons. The number of hydrogen-bond acceptors (Lipinski definition) is 9. The molecule has 2 heterocycles. The summed E-state index contributed by atoms with van der Waals surface area (Å²) < 4.78 is 12.5. The largest absolute Gasteiger partial charge is 0.491 e. The molecule has 4 aliphatic rings. The molecule has 10 rings (SSSR count). The second-order valence-electron chi connectivity index (χ2n) is 19.1. The van der Waals surface area contributed by atoms with E-state index >= 15 is 0 Å². The van der Waals surface area contributed by atoms with Gasteiger partial charge in [-0.25, -0.2) is 0 Å². The molecule has 358 valence electrons. The Morgan fingerprint density at radius 3 is 1.80 bits per heavy atom. The van der Waals surface area contributed by atoms with Gasteiger partial charge in [0.1, 0.15) is 24.7 Å². The highest BCUT2D eigenvalue weighted by Gasteiger charge is 2.39. The van der Waals surface area contributed by atoms with E-state index in [9.17, 15) is 14.9 Å². The molecule has 2 unspecified atom stereocenters. The average Bonchev–Trinajstić information content (AvgIpc) is 3.88. The van der Waals surface area contributed by atoms with Crippen LogP contribution in [-0.4, -0.2) is 148 Å². The first kappa shape index (κ1) is 47.4. The van der Waals surface area contributed by atoms with E-state index in [4.69, 9.17) is 32.7 Å². The second kappa shape index (κ2) is 20.2. The maximum absolute atomic E-state index is 15.0. The van der Waals surface area contributed by atoms with E-state index in [1.807, 2.05) is 111 Å². The van der Waals surface area contributed by atoms with Gasteiger partial charge in [0.25, 0.3) is 11.8 Å². The van der Waals surface area contributed by atoms with Crippen molar-refractivity contribution in [3.63, 3.8) is 0 Å². The standard InChI is InChI=1S/C57H57Cl2N7O4/c1-61(2)29-31-69-50-12-8-7-11-44(50)56(67)65-25-23-64(24-26-65)55-43-17-15-39(58)35-47(43)53-45(55)18-19-49(59)52(53)38-14-20-51(70-32-30-62(3)4)48(34-38)57(68)66-27-21-63(22-28-66)54-41-10-6-5-9-40(41)46-33-37(36-60)13-16-42(46)54/h5-20,33-35,54-55H,21-32H2,1-4H3. The molecule has 70 heavy (non-hydrogen) atoms. The molecule has 0 N–H and O–H groups in total. The van der Waals surface area contributed by atoms with E-state index in [2.05, 4.69) is 68.1 Å². The van der Waals surface area contributed by atoms with Crippen molar-refractivity contribution in [3.8, 4) is 50.9 Å². The number of carbonyl (C=O) groups is 2. The Morgan fingerprint density at radius 2 is 1.13 bits per heavy atom. The number of likely N-dealkylation sites (N-methyl/N-ethyl adjacent to an activating group) is 2. The summed E-state index contributed by atoms with van der Waals surface area (Å²) in [6.07, 6.45) is 0. The SMILES string of the molecule is CN(C)CCOc1ccc(-c2c(Cl)ccc3c2-c2cc(Cl)ccc2C3N2CCN(C(=O)c3ccccc3OCCN(C)C)CC2)cc1C(=O)N1CCN(C2c3ccccc3-c3cc(C#N)ccc32)CC1. The van der Waals surface area contributed by atoms with E-state index in [-0.39, 0.29) is 23.9 Å². The summed E-state index contributed by atoms with van der Waals surface area (Å²) in [5, 5.41) is 10.9. The summed E-state index contributed by atoms with van der Waals surface area (Å²) in [5.41, 5.74) is 12.3. The fraction of sp³-hybridized carbons (Fsp3) is 0.316. The summed E-state index contributed by atoms with van der Waals surface area (Å²) in [6, 6.07) is 40.2.